The average Bonchev–Trinajstić information content (AvgIpc) is 2.22. The molecule has 0 amide bonds. The van der Waals surface area contributed by atoms with Gasteiger partial charge in [0, 0.05) is 0 Å². The van der Waals surface area contributed by atoms with Crippen LogP contribution in [0.4, 0.5) is 30.7 Å². The minimum atomic E-state index is -5.25. The normalized spacial score (nSPS) is 11.7. The second-order valence-corrected chi connectivity index (χ2v) is 2.96. The highest BCUT2D eigenvalue weighted by molar-refractivity contribution is 5.69. The molecular weight excluding hydrogens is 257 g/mol. The van der Waals surface area contributed by atoms with Gasteiger partial charge in [-0.05, 0) is 0 Å². The fourth-order valence-corrected chi connectivity index (χ4v) is 1.03. The highest BCUT2D eigenvalue weighted by Crippen LogP contribution is 2.39. The molecule has 0 fully saturated rings. The Morgan fingerprint density at radius 3 is 1.76 bits per heavy atom. The van der Waals surface area contributed by atoms with Crippen LogP contribution in [0.25, 0.3) is 5.57 Å². The van der Waals surface area contributed by atoms with Crippen LogP contribution in [0.1, 0.15) is 5.56 Å². The van der Waals surface area contributed by atoms with E-state index in [0.29, 0.717) is 0 Å². The van der Waals surface area contributed by atoms with Gasteiger partial charge in [-0.15, -0.1) is 0 Å². The van der Waals surface area contributed by atoms with Crippen molar-refractivity contribution in [3.05, 3.63) is 35.4 Å². The van der Waals surface area contributed by atoms with Gasteiger partial charge >= 0.3 is 6.18 Å². The fourth-order valence-electron chi connectivity index (χ4n) is 1.03. The first-order valence-corrected chi connectivity index (χ1v) is 3.90. The van der Waals surface area contributed by atoms with Crippen molar-refractivity contribution in [1.82, 2.24) is 0 Å². The van der Waals surface area contributed by atoms with Gasteiger partial charge in [-0.3, -0.25) is 0 Å². The summed E-state index contributed by atoms with van der Waals surface area (Å²) in [5, 5.41) is 8.64. The average molecular weight is 260 g/mol. The van der Waals surface area contributed by atoms with Gasteiger partial charge in [-0.2, -0.15) is 17.6 Å². The third kappa shape index (κ3) is 2.06. The Morgan fingerprint density at radius 2 is 1.35 bits per heavy atom. The van der Waals surface area contributed by atoms with Gasteiger partial charge in [-0.25, -0.2) is 13.2 Å². The number of phenols is 1. The molecule has 0 bridgehead atoms. The zero-order valence-electron chi connectivity index (χ0n) is 7.80. The van der Waals surface area contributed by atoms with Crippen molar-refractivity contribution in [3.63, 3.8) is 0 Å². The van der Waals surface area contributed by atoms with Crippen LogP contribution in [-0.2, 0) is 0 Å². The van der Waals surface area contributed by atoms with E-state index < -0.39 is 46.3 Å². The maximum atomic E-state index is 13.0. The smallest absolute Gasteiger partial charge is 0.416 e. The molecule has 8 heteroatoms. The Hall–Kier alpha value is -1.73. The van der Waals surface area contributed by atoms with Crippen molar-refractivity contribution in [2.24, 2.45) is 0 Å². The van der Waals surface area contributed by atoms with Gasteiger partial charge in [0.15, 0.2) is 23.2 Å². The first-order chi connectivity index (χ1) is 7.59. The van der Waals surface area contributed by atoms with E-state index in [0.717, 1.165) is 0 Å². The predicted molar refractivity (Wildman–Crippen MR) is 43.0 cm³/mol. The number of alkyl halides is 3. The number of halogens is 7. The minimum absolute atomic E-state index is 1.95. The molecule has 0 unspecified atom stereocenters. The Kier molecular flexibility index (Phi) is 3.09. The van der Waals surface area contributed by atoms with Gasteiger partial charge in [0.25, 0.3) is 0 Å². The first-order valence-electron chi connectivity index (χ1n) is 3.90. The largest absolute Gasteiger partial charge is 0.503 e. The molecule has 0 aliphatic carbocycles. The van der Waals surface area contributed by atoms with Crippen LogP contribution in [0.5, 0.6) is 5.75 Å². The summed E-state index contributed by atoms with van der Waals surface area (Å²) >= 11 is 0. The molecule has 0 atom stereocenters. The molecule has 94 valence electrons. The molecule has 17 heavy (non-hydrogen) atoms. The summed E-state index contributed by atoms with van der Waals surface area (Å²) in [5.74, 6) is -11.4. The van der Waals surface area contributed by atoms with E-state index in [2.05, 4.69) is 6.58 Å². The third-order valence-electron chi connectivity index (χ3n) is 1.88. The van der Waals surface area contributed by atoms with Crippen molar-refractivity contribution < 1.29 is 35.8 Å². The maximum Gasteiger partial charge on any atom is 0.416 e. The van der Waals surface area contributed by atoms with Gasteiger partial charge in [0.2, 0.25) is 5.82 Å². The second-order valence-electron chi connectivity index (χ2n) is 2.96. The van der Waals surface area contributed by atoms with Crippen LogP contribution in [-0.4, -0.2) is 11.3 Å². The van der Waals surface area contributed by atoms with Gasteiger partial charge in [-0.1, -0.05) is 6.58 Å². The van der Waals surface area contributed by atoms with Crippen molar-refractivity contribution in [2.45, 2.75) is 6.18 Å². The molecule has 0 heterocycles. The van der Waals surface area contributed by atoms with Gasteiger partial charge < -0.3 is 5.11 Å². The molecule has 1 rings (SSSR count). The quantitative estimate of drug-likeness (QED) is 0.465. The topological polar surface area (TPSA) is 20.2 Å². The number of phenolic OH excluding ortho intramolecular Hbond substituents is 1. The van der Waals surface area contributed by atoms with E-state index in [9.17, 15) is 30.7 Å². The van der Waals surface area contributed by atoms with E-state index >= 15 is 0 Å². The molecule has 0 aliphatic rings. The predicted octanol–water partition coefficient (Wildman–Crippen LogP) is 3.52. The van der Waals surface area contributed by atoms with E-state index in [-0.39, 0.29) is 0 Å². The highest BCUT2D eigenvalue weighted by atomic mass is 19.4. The molecule has 0 spiro atoms. The Balaban J connectivity index is 3.62. The standard InChI is InChI=1S/C9H3F7O/c1-2(9(14,15)16)3-4(10)6(12)7(13)8(17)5(3)11/h17H,1H2. The summed E-state index contributed by atoms with van der Waals surface area (Å²) in [7, 11) is 0. The molecule has 0 aromatic heterocycles. The first kappa shape index (κ1) is 13.3. The number of hydrogen-bond acceptors (Lipinski definition) is 1. The zero-order valence-corrected chi connectivity index (χ0v) is 7.80. The van der Waals surface area contributed by atoms with E-state index in [1.165, 1.54) is 0 Å². The fraction of sp³-hybridized carbons (Fsp3) is 0.111. The Labute approximate surface area is 89.8 Å². The maximum absolute atomic E-state index is 13.0. The lowest BCUT2D eigenvalue weighted by Crippen LogP contribution is -2.14. The summed E-state index contributed by atoms with van der Waals surface area (Å²) in [5.41, 5.74) is -4.02. The lowest BCUT2D eigenvalue weighted by atomic mass is 10.0. The van der Waals surface area contributed by atoms with Gasteiger partial charge in [0.05, 0.1) is 11.1 Å². The number of aromatic hydroxyl groups is 1. The van der Waals surface area contributed by atoms with E-state index in [1.807, 2.05) is 0 Å². The molecule has 1 aromatic carbocycles. The molecular formula is C9H3F7O. The molecule has 0 radical (unpaired) electrons. The van der Waals surface area contributed by atoms with Crippen LogP contribution in [0, 0.1) is 23.3 Å². The van der Waals surface area contributed by atoms with E-state index in [4.69, 9.17) is 5.11 Å². The van der Waals surface area contributed by atoms with Crippen LogP contribution >= 0.6 is 0 Å². The van der Waals surface area contributed by atoms with Crippen LogP contribution in [0.3, 0.4) is 0 Å². The molecule has 0 saturated carbocycles. The third-order valence-corrected chi connectivity index (χ3v) is 1.88. The zero-order chi connectivity index (χ0) is 13.5. The molecule has 1 aromatic rings. The second kappa shape index (κ2) is 3.94. The summed E-state index contributed by atoms with van der Waals surface area (Å²) in [4.78, 5) is 0. The number of allylic oxidation sites excluding steroid dienone is 1. The molecule has 0 saturated heterocycles. The summed E-state index contributed by atoms with van der Waals surface area (Å²) in [6.45, 7) is 2.32. The summed E-state index contributed by atoms with van der Waals surface area (Å²) < 4.78 is 87.6. The van der Waals surface area contributed by atoms with Crippen molar-refractivity contribution in [1.29, 1.82) is 0 Å². The van der Waals surface area contributed by atoms with Crippen LogP contribution in [0.15, 0.2) is 6.58 Å². The molecule has 0 aliphatic heterocycles. The monoisotopic (exact) mass is 260 g/mol. The highest BCUT2D eigenvalue weighted by Gasteiger charge is 2.39. The van der Waals surface area contributed by atoms with Crippen LogP contribution < -0.4 is 0 Å². The summed E-state index contributed by atoms with van der Waals surface area (Å²) in [6.07, 6.45) is -5.25. The van der Waals surface area contributed by atoms with E-state index in [1.54, 1.807) is 0 Å². The minimum Gasteiger partial charge on any atom is -0.503 e. The number of hydrogen-bond donors (Lipinski definition) is 1. The van der Waals surface area contributed by atoms with Crippen molar-refractivity contribution >= 4 is 5.57 Å². The summed E-state index contributed by atoms with van der Waals surface area (Å²) in [6, 6.07) is 0. The van der Waals surface area contributed by atoms with Crippen LogP contribution in [0.2, 0.25) is 0 Å². The lowest BCUT2D eigenvalue weighted by Gasteiger charge is -2.13. The number of benzene rings is 1. The molecule has 1 N–H and O–H groups in total. The number of rotatable bonds is 1. The van der Waals surface area contributed by atoms with Crippen molar-refractivity contribution in [2.75, 3.05) is 0 Å². The molecule has 1 nitrogen and oxygen atoms in total. The SMILES string of the molecule is C=C(c1c(F)c(O)c(F)c(F)c1F)C(F)(F)F. The van der Waals surface area contributed by atoms with Gasteiger partial charge in [0.1, 0.15) is 0 Å². The van der Waals surface area contributed by atoms with Crippen molar-refractivity contribution in [3.8, 4) is 5.75 Å². The Bertz CT molecular complexity index is 460. The lowest BCUT2D eigenvalue weighted by molar-refractivity contribution is -0.0691. The Morgan fingerprint density at radius 1 is 0.882 bits per heavy atom.